The lowest BCUT2D eigenvalue weighted by Crippen LogP contribution is -2.47. The molecule has 1 saturated heterocycles. The molecule has 0 unspecified atom stereocenters. The molecule has 2 aliphatic heterocycles. The van der Waals surface area contributed by atoms with Gasteiger partial charge in [0.25, 0.3) is 0 Å². The molecule has 4 rings (SSSR count). The number of hydrogen-bond donors (Lipinski definition) is 1. The molecule has 6 heteroatoms. The van der Waals surface area contributed by atoms with Gasteiger partial charge in [-0.15, -0.1) is 0 Å². The van der Waals surface area contributed by atoms with Crippen LogP contribution in [0.3, 0.4) is 0 Å². The number of nitrogens with one attached hydrogen (secondary N) is 1. The third-order valence-corrected chi connectivity index (χ3v) is 5.76. The highest BCUT2D eigenvalue weighted by atomic mass is 19.1. The maximum absolute atomic E-state index is 14.0. The minimum absolute atomic E-state index is 0.308. The summed E-state index contributed by atoms with van der Waals surface area (Å²) in [7, 11) is 2.16. The quantitative estimate of drug-likeness (QED) is 0.899. The summed E-state index contributed by atoms with van der Waals surface area (Å²) in [5.41, 5.74) is 2.84. The minimum Gasteiger partial charge on any atom is -0.372 e. The highest BCUT2D eigenvalue weighted by Crippen LogP contribution is 2.30. The third-order valence-electron chi connectivity index (χ3n) is 5.76. The van der Waals surface area contributed by atoms with Crippen LogP contribution in [0, 0.1) is 11.6 Å². The number of benzene rings is 1. The molecule has 1 aliphatic carbocycles. The topological polar surface area (TPSA) is 21.8 Å². The summed E-state index contributed by atoms with van der Waals surface area (Å²) in [6, 6.07) is 2.83. The number of hydrogen-bond acceptors (Lipinski definition) is 4. The monoisotopic (exact) mass is 348 g/mol. The van der Waals surface area contributed by atoms with Crippen molar-refractivity contribution in [1.82, 2.24) is 20.0 Å². The van der Waals surface area contributed by atoms with Gasteiger partial charge in [-0.25, -0.2) is 8.78 Å². The van der Waals surface area contributed by atoms with Crippen LogP contribution in [0.5, 0.6) is 0 Å². The molecule has 136 valence electrons. The number of halogens is 2. The lowest BCUT2D eigenvalue weighted by Gasteiger charge is -2.38. The first-order chi connectivity index (χ1) is 12.1. The van der Waals surface area contributed by atoms with E-state index < -0.39 is 5.82 Å². The normalized spacial score (nSPS) is 24.8. The van der Waals surface area contributed by atoms with Crippen molar-refractivity contribution in [2.45, 2.75) is 25.3 Å². The van der Waals surface area contributed by atoms with Gasteiger partial charge in [0, 0.05) is 56.7 Å². The Bertz CT molecular complexity index is 668. The molecule has 3 aliphatic rings. The molecule has 0 saturated carbocycles. The molecule has 0 spiro atoms. The molecular weight excluding hydrogens is 322 g/mol. The molecule has 0 radical (unpaired) electrons. The standard InChI is InChI=1S/C19H26F2N4/c1-23-4-6-24(7-5-23)12-17-11-22-13-25(17)16-2-3-18-14(9-16)8-15(20)10-19(18)21/h8,10-11,16,22H,2-7,9,12-13H2,1H3/t16-/m0/s1. The summed E-state index contributed by atoms with van der Waals surface area (Å²) in [5, 5.41) is 3.34. The van der Waals surface area contributed by atoms with Crippen LogP contribution in [0.4, 0.5) is 8.78 Å². The Kier molecular flexibility index (Phi) is 4.65. The predicted octanol–water partition coefficient (Wildman–Crippen LogP) is 1.77. The van der Waals surface area contributed by atoms with E-state index in [1.54, 1.807) is 0 Å². The summed E-state index contributed by atoms with van der Waals surface area (Å²) < 4.78 is 27.6. The van der Waals surface area contributed by atoms with Crippen LogP contribution < -0.4 is 5.32 Å². The molecule has 0 amide bonds. The summed E-state index contributed by atoms with van der Waals surface area (Å²) >= 11 is 0. The zero-order valence-electron chi connectivity index (χ0n) is 14.8. The predicted molar refractivity (Wildman–Crippen MR) is 94.0 cm³/mol. The summed E-state index contributed by atoms with van der Waals surface area (Å²) in [6.45, 7) is 6.13. The van der Waals surface area contributed by atoms with Crippen molar-refractivity contribution in [1.29, 1.82) is 0 Å². The summed E-state index contributed by atoms with van der Waals surface area (Å²) in [6.07, 6.45) is 4.42. The molecule has 25 heavy (non-hydrogen) atoms. The highest BCUT2D eigenvalue weighted by molar-refractivity contribution is 5.33. The molecule has 4 nitrogen and oxygen atoms in total. The smallest absolute Gasteiger partial charge is 0.129 e. The van der Waals surface area contributed by atoms with Gasteiger partial charge in [-0.3, -0.25) is 4.90 Å². The van der Waals surface area contributed by atoms with Gasteiger partial charge in [-0.2, -0.15) is 0 Å². The summed E-state index contributed by atoms with van der Waals surface area (Å²) in [4.78, 5) is 7.24. The second kappa shape index (κ2) is 6.92. The van der Waals surface area contributed by atoms with Crippen molar-refractivity contribution in [2.24, 2.45) is 0 Å². The molecular formula is C19H26F2N4. The van der Waals surface area contributed by atoms with Gasteiger partial charge in [0.2, 0.25) is 0 Å². The fraction of sp³-hybridized carbons (Fsp3) is 0.579. The summed E-state index contributed by atoms with van der Waals surface area (Å²) in [5.74, 6) is -0.856. The molecule has 1 aromatic rings. The first kappa shape index (κ1) is 16.8. The Hall–Kier alpha value is -1.66. The first-order valence-electron chi connectivity index (χ1n) is 9.17. The highest BCUT2D eigenvalue weighted by Gasteiger charge is 2.30. The fourth-order valence-electron chi connectivity index (χ4n) is 4.23. The van der Waals surface area contributed by atoms with Gasteiger partial charge in [0.15, 0.2) is 0 Å². The van der Waals surface area contributed by atoms with Crippen molar-refractivity contribution >= 4 is 0 Å². The van der Waals surface area contributed by atoms with Crippen LogP contribution in [0.1, 0.15) is 17.5 Å². The molecule has 0 aromatic heterocycles. The van der Waals surface area contributed by atoms with E-state index in [9.17, 15) is 8.78 Å². The minimum atomic E-state index is -0.468. The van der Waals surface area contributed by atoms with E-state index in [2.05, 4.69) is 33.3 Å². The van der Waals surface area contributed by atoms with Gasteiger partial charge in [-0.05, 0) is 43.5 Å². The van der Waals surface area contributed by atoms with E-state index in [0.29, 0.717) is 24.4 Å². The van der Waals surface area contributed by atoms with Crippen molar-refractivity contribution in [2.75, 3.05) is 46.4 Å². The van der Waals surface area contributed by atoms with Crippen LogP contribution in [0.25, 0.3) is 0 Å². The van der Waals surface area contributed by atoms with Crippen LogP contribution in [0.15, 0.2) is 24.0 Å². The van der Waals surface area contributed by atoms with Crippen LogP contribution in [-0.2, 0) is 12.8 Å². The Labute approximate surface area is 148 Å². The molecule has 0 bridgehead atoms. The van der Waals surface area contributed by atoms with Gasteiger partial charge in [-0.1, -0.05) is 0 Å². The number of piperazine rings is 1. The lowest BCUT2D eigenvalue weighted by atomic mass is 9.87. The van der Waals surface area contributed by atoms with E-state index >= 15 is 0 Å². The van der Waals surface area contributed by atoms with Gasteiger partial charge >= 0.3 is 0 Å². The fourth-order valence-corrected chi connectivity index (χ4v) is 4.23. The van der Waals surface area contributed by atoms with E-state index in [1.165, 1.54) is 11.8 Å². The zero-order valence-corrected chi connectivity index (χ0v) is 14.8. The second-order valence-corrected chi connectivity index (χ2v) is 7.47. The molecule has 1 aromatic carbocycles. The van der Waals surface area contributed by atoms with E-state index in [0.717, 1.165) is 57.4 Å². The third kappa shape index (κ3) is 3.51. The second-order valence-electron chi connectivity index (χ2n) is 7.47. The zero-order chi connectivity index (χ0) is 17.4. The molecule has 1 N–H and O–H groups in total. The Morgan fingerprint density at radius 1 is 1.16 bits per heavy atom. The molecule has 1 fully saturated rings. The van der Waals surface area contributed by atoms with Crippen molar-refractivity contribution in [3.63, 3.8) is 0 Å². The number of nitrogens with zero attached hydrogens (tertiary/aromatic N) is 3. The Morgan fingerprint density at radius 2 is 1.96 bits per heavy atom. The maximum atomic E-state index is 14.0. The van der Waals surface area contributed by atoms with E-state index in [1.807, 2.05) is 0 Å². The van der Waals surface area contributed by atoms with Crippen molar-refractivity contribution in [3.05, 3.63) is 46.8 Å². The number of rotatable bonds is 3. The number of likely N-dealkylation sites (N-methyl/N-ethyl adjacent to an activating group) is 1. The van der Waals surface area contributed by atoms with E-state index in [-0.39, 0.29) is 5.82 Å². The first-order valence-corrected chi connectivity index (χ1v) is 9.17. The van der Waals surface area contributed by atoms with Gasteiger partial charge in [0.1, 0.15) is 11.6 Å². The van der Waals surface area contributed by atoms with E-state index in [4.69, 9.17) is 0 Å². The largest absolute Gasteiger partial charge is 0.372 e. The average Bonchev–Trinajstić information content (AvgIpc) is 3.04. The van der Waals surface area contributed by atoms with Gasteiger partial charge < -0.3 is 15.1 Å². The van der Waals surface area contributed by atoms with Crippen molar-refractivity contribution < 1.29 is 8.78 Å². The Balaban J connectivity index is 1.44. The lowest BCUT2D eigenvalue weighted by molar-refractivity contribution is 0.146. The van der Waals surface area contributed by atoms with Gasteiger partial charge in [0.05, 0.1) is 6.67 Å². The van der Waals surface area contributed by atoms with Crippen molar-refractivity contribution in [3.8, 4) is 0 Å². The maximum Gasteiger partial charge on any atom is 0.129 e. The van der Waals surface area contributed by atoms with Crippen LogP contribution in [-0.4, -0.2) is 67.2 Å². The molecule has 2 heterocycles. The SMILES string of the molecule is CN1CCN(CC2=CNCN2[C@H]2CCc3c(F)cc(F)cc3C2)CC1. The number of fused-ring (bicyclic) bond motifs is 1. The van der Waals surface area contributed by atoms with Crippen LogP contribution >= 0.6 is 0 Å². The van der Waals surface area contributed by atoms with Crippen LogP contribution in [0.2, 0.25) is 0 Å². The average molecular weight is 348 g/mol. The molecule has 1 atom stereocenters. The Morgan fingerprint density at radius 3 is 2.76 bits per heavy atom.